The first kappa shape index (κ1) is 22.8. The molecule has 30 heavy (non-hydrogen) atoms. The number of aryl methyl sites for hydroxylation is 1. The van der Waals surface area contributed by atoms with E-state index in [0.717, 1.165) is 21.5 Å². The monoisotopic (exact) mass is 554 g/mol. The number of rotatable bonds is 9. The van der Waals surface area contributed by atoms with Gasteiger partial charge in [0.1, 0.15) is 5.82 Å². The lowest BCUT2D eigenvalue weighted by Crippen LogP contribution is -2.21. The molecule has 0 aliphatic heterocycles. The highest BCUT2D eigenvalue weighted by molar-refractivity contribution is 14.1. The van der Waals surface area contributed by atoms with Gasteiger partial charge in [-0.25, -0.2) is 0 Å². The molecular weight excluding hydrogens is 535 g/mol. The van der Waals surface area contributed by atoms with Crippen molar-refractivity contribution in [3.05, 3.63) is 68.5 Å². The van der Waals surface area contributed by atoms with Gasteiger partial charge in [0, 0.05) is 39.7 Å². The first-order chi connectivity index (χ1) is 14.4. The fourth-order valence-corrected chi connectivity index (χ4v) is 4.12. The molecular formula is C21H20ClIN4O2S. The maximum Gasteiger partial charge on any atom is 0.216 e. The summed E-state index contributed by atoms with van der Waals surface area (Å²) in [5.41, 5.74) is 1.55. The maximum atomic E-state index is 12.6. The van der Waals surface area contributed by atoms with Crippen LogP contribution >= 0.6 is 46.0 Å². The molecule has 1 amide bonds. The predicted octanol–water partition coefficient (Wildman–Crippen LogP) is 4.57. The predicted molar refractivity (Wildman–Crippen MR) is 128 cm³/mol. The van der Waals surface area contributed by atoms with Gasteiger partial charge < -0.3 is 5.32 Å². The molecule has 0 aliphatic carbocycles. The Morgan fingerprint density at radius 2 is 1.80 bits per heavy atom. The maximum absolute atomic E-state index is 12.6. The number of nitrogens with one attached hydrogen (secondary N) is 1. The number of nitrogens with zero attached hydrogens (tertiary/aromatic N) is 3. The van der Waals surface area contributed by atoms with Crippen molar-refractivity contribution in [1.29, 1.82) is 0 Å². The molecule has 0 unspecified atom stereocenters. The van der Waals surface area contributed by atoms with Crippen LogP contribution in [0.25, 0.3) is 5.69 Å². The SMILES string of the molecule is CC(=O)NCCCc1nnc(SCC(=O)c2ccc(I)cc2)n1-c1ccc(Cl)cc1. The largest absolute Gasteiger partial charge is 0.356 e. The summed E-state index contributed by atoms with van der Waals surface area (Å²) in [5, 5.41) is 12.7. The van der Waals surface area contributed by atoms with Crippen LogP contribution in [0.15, 0.2) is 53.7 Å². The number of hydrogen-bond acceptors (Lipinski definition) is 5. The lowest BCUT2D eigenvalue weighted by molar-refractivity contribution is -0.118. The zero-order chi connectivity index (χ0) is 21.5. The average Bonchev–Trinajstić information content (AvgIpc) is 3.13. The van der Waals surface area contributed by atoms with Gasteiger partial charge in [-0.2, -0.15) is 0 Å². The Kier molecular flexibility index (Phi) is 8.29. The van der Waals surface area contributed by atoms with Crippen molar-refractivity contribution in [1.82, 2.24) is 20.1 Å². The van der Waals surface area contributed by atoms with Crippen LogP contribution in [-0.4, -0.2) is 38.8 Å². The first-order valence-electron chi connectivity index (χ1n) is 9.30. The van der Waals surface area contributed by atoms with Gasteiger partial charge in [-0.3, -0.25) is 14.2 Å². The fraction of sp³-hybridized carbons (Fsp3) is 0.238. The smallest absolute Gasteiger partial charge is 0.216 e. The number of Topliss-reactive ketones (excluding diaryl/α,β-unsaturated/α-hetero) is 1. The molecule has 1 aromatic heterocycles. The third-order valence-electron chi connectivity index (χ3n) is 4.23. The van der Waals surface area contributed by atoms with Crippen molar-refractivity contribution < 1.29 is 9.59 Å². The van der Waals surface area contributed by atoms with E-state index < -0.39 is 0 Å². The minimum absolute atomic E-state index is 0.0364. The quantitative estimate of drug-likeness (QED) is 0.182. The Morgan fingerprint density at radius 1 is 1.10 bits per heavy atom. The van der Waals surface area contributed by atoms with Crippen LogP contribution in [0.5, 0.6) is 0 Å². The second-order valence-corrected chi connectivity index (χ2v) is 9.14. The highest BCUT2D eigenvalue weighted by Crippen LogP contribution is 2.25. The number of thioether (sulfide) groups is 1. The lowest BCUT2D eigenvalue weighted by atomic mass is 10.2. The van der Waals surface area contributed by atoms with Crippen LogP contribution in [0.3, 0.4) is 0 Å². The van der Waals surface area contributed by atoms with Gasteiger partial charge in [-0.1, -0.05) is 35.5 Å². The minimum atomic E-state index is -0.0560. The summed E-state index contributed by atoms with van der Waals surface area (Å²) in [4.78, 5) is 23.6. The number of carbonyl (C=O) groups excluding carboxylic acids is 2. The van der Waals surface area contributed by atoms with E-state index in [4.69, 9.17) is 11.6 Å². The van der Waals surface area contributed by atoms with Gasteiger partial charge in [0.05, 0.1) is 5.75 Å². The second kappa shape index (κ2) is 10.9. The molecule has 0 spiro atoms. The Balaban J connectivity index is 1.77. The Bertz CT molecular complexity index is 1020. The summed E-state index contributed by atoms with van der Waals surface area (Å²) in [7, 11) is 0. The molecule has 9 heteroatoms. The number of benzene rings is 2. The summed E-state index contributed by atoms with van der Waals surface area (Å²) < 4.78 is 3.03. The summed E-state index contributed by atoms with van der Waals surface area (Å²) in [6.45, 7) is 2.06. The van der Waals surface area contributed by atoms with Crippen LogP contribution in [0.4, 0.5) is 0 Å². The van der Waals surface area contributed by atoms with E-state index in [1.807, 2.05) is 53.1 Å². The van der Waals surface area contributed by atoms with E-state index in [-0.39, 0.29) is 17.4 Å². The number of carbonyl (C=O) groups is 2. The van der Waals surface area contributed by atoms with Crippen LogP contribution in [0.1, 0.15) is 29.5 Å². The second-order valence-electron chi connectivity index (χ2n) is 6.52. The number of ketones is 1. The Labute approximate surface area is 197 Å². The molecule has 6 nitrogen and oxygen atoms in total. The van der Waals surface area contributed by atoms with Crippen LogP contribution in [0, 0.1) is 3.57 Å². The topological polar surface area (TPSA) is 76.9 Å². The third-order valence-corrected chi connectivity index (χ3v) is 6.13. The van der Waals surface area contributed by atoms with Crippen molar-refractivity contribution in [3.8, 4) is 5.69 Å². The third kappa shape index (κ3) is 6.29. The van der Waals surface area contributed by atoms with Crippen molar-refractivity contribution in [3.63, 3.8) is 0 Å². The number of hydrogen-bond donors (Lipinski definition) is 1. The van der Waals surface area contributed by atoms with Crippen LogP contribution in [0.2, 0.25) is 5.02 Å². The normalized spacial score (nSPS) is 10.8. The zero-order valence-electron chi connectivity index (χ0n) is 16.3. The molecule has 0 aliphatic rings. The number of aromatic nitrogens is 3. The van der Waals surface area contributed by atoms with E-state index in [1.54, 1.807) is 0 Å². The molecule has 0 bridgehead atoms. The number of halogens is 2. The van der Waals surface area contributed by atoms with Gasteiger partial charge >= 0.3 is 0 Å². The number of amides is 1. The minimum Gasteiger partial charge on any atom is -0.356 e. The highest BCUT2D eigenvalue weighted by Gasteiger charge is 2.16. The standard InChI is InChI=1S/C21H20ClIN4O2S/c1-14(28)24-12-2-3-20-25-26-21(27(20)18-10-6-16(22)7-11-18)30-13-19(29)15-4-8-17(23)9-5-15/h4-11H,2-3,12-13H2,1H3,(H,24,28). The summed E-state index contributed by atoms with van der Waals surface area (Å²) in [6.07, 6.45) is 1.37. The molecule has 2 aromatic carbocycles. The van der Waals surface area contributed by atoms with Crippen LogP contribution < -0.4 is 5.32 Å². The van der Waals surface area contributed by atoms with Gasteiger partial charge in [0.2, 0.25) is 5.91 Å². The molecule has 0 fully saturated rings. The summed E-state index contributed by atoms with van der Waals surface area (Å²) in [5.74, 6) is 1.01. The van der Waals surface area contributed by atoms with E-state index in [1.165, 1.54) is 18.7 Å². The van der Waals surface area contributed by atoms with Gasteiger partial charge in [0.25, 0.3) is 0 Å². The van der Waals surface area contributed by atoms with Crippen molar-refractivity contribution in [2.75, 3.05) is 12.3 Å². The van der Waals surface area contributed by atoms with Crippen molar-refractivity contribution >= 4 is 57.6 Å². The highest BCUT2D eigenvalue weighted by atomic mass is 127. The molecule has 0 atom stereocenters. The molecule has 0 saturated heterocycles. The molecule has 3 rings (SSSR count). The van der Waals surface area contributed by atoms with Crippen LogP contribution in [-0.2, 0) is 11.2 Å². The first-order valence-corrected chi connectivity index (χ1v) is 11.7. The van der Waals surface area contributed by atoms with Gasteiger partial charge in [0.15, 0.2) is 10.9 Å². The molecule has 3 aromatic rings. The van der Waals surface area contributed by atoms with E-state index in [9.17, 15) is 9.59 Å². The zero-order valence-corrected chi connectivity index (χ0v) is 20.0. The molecule has 1 heterocycles. The van der Waals surface area contributed by atoms with E-state index in [2.05, 4.69) is 38.1 Å². The molecule has 1 N–H and O–H groups in total. The average molecular weight is 555 g/mol. The lowest BCUT2D eigenvalue weighted by Gasteiger charge is -2.10. The summed E-state index contributed by atoms with van der Waals surface area (Å²) >= 11 is 9.60. The Hall–Kier alpha value is -1.91. The van der Waals surface area contributed by atoms with Gasteiger partial charge in [-0.15, -0.1) is 10.2 Å². The van der Waals surface area contributed by atoms with Crippen molar-refractivity contribution in [2.24, 2.45) is 0 Å². The van der Waals surface area contributed by atoms with E-state index in [0.29, 0.717) is 28.7 Å². The molecule has 0 radical (unpaired) electrons. The molecule has 0 saturated carbocycles. The Morgan fingerprint density at radius 3 is 2.47 bits per heavy atom. The molecule has 156 valence electrons. The van der Waals surface area contributed by atoms with Gasteiger partial charge in [-0.05, 0) is 65.4 Å². The summed E-state index contributed by atoms with van der Waals surface area (Å²) in [6, 6.07) is 14.9. The van der Waals surface area contributed by atoms with Crippen molar-refractivity contribution in [2.45, 2.75) is 24.9 Å². The van der Waals surface area contributed by atoms with E-state index >= 15 is 0 Å². The fourth-order valence-electron chi connectivity index (χ4n) is 2.77.